The number of hydrogen-bond acceptors (Lipinski definition) is 10. The fraction of sp³-hybridized carbons (Fsp3) is 0.240. The quantitative estimate of drug-likeness (QED) is 0.319. The molecular formula is C25H21IO10. The smallest absolute Gasteiger partial charge is 0.202 e. The van der Waals surface area contributed by atoms with Crippen LogP contribution in [0.4, 0.5) is 0 Å². The third kappa shape index (κ3) is 4.12. The van der Waals surface area contributed by atoms with E-state index in [1.165, 1.54) is 25.3 Å². The van der Waals surface area contributed by atoms with Crippen LogP contribution in [0.15, 0.2) is 48.5 Å². The van der Waals surface area contributed by atoms with Gasteiger partial charge in [0.2, 0.25) is 5.78 Å². The van der Waals surface area contributed by atoms with Crippen molar-refractivity contribution in [1.82, 2.24) is 0 Å². The molecule has 0 spiro atoms. The molecule has 188 valence electrons. The Kier molecular flexibility index (Phi) is 6.45. The molecule has 11 heteroatoms. The summed E-state index contributed by atoms with van der Waals surface area (Å²) in [6.07, 6.45) is -4.11. The van der Waals surface area contributed by atoms with Gasteiger partial charge in [0.25, 0.3) is 0 Å². The Labute approximate surface area is 219 Å². The van der Waals surface area contributed by atoms with Crippen LogP contribution >= 0.6 is 23.0 Å². The first-order valence-electron chi connectivity index (χ1n) is 10.8. The fourth-order valence-corrected chi connectivity index (χ4v) is 4.67. The van der Waals surface area contributed by atoms with Gasteiger partial charge in [-0.05, 0) is 29.8 Å². The van der Waals surface area contributed by atoms with Gasteiger partial charge < -0.3 is 42.4 Å². The molecule has 0 saturated carbocycles. The Morgan fingerprint density at radius 2 is 1.61 bits per heavy atom. The molecule has 2 heterocycles. The number of ketones is 1. The maximum Gasteiger partial charge on any atom is 0.202 e. The average Bonchev–Trinajstić information content (AvgIpc) is 2.89. The summed E-state index contributed by atoms with van der Waals surface area (Å²) >= 11 is 1.58. The van der Waals surface area contributed by atoms with Gasteiger partial charge in [-0.25, -0.2) is 0 Å². The second-order valence-corrected chi connectivity index (χ2v) is 8.70. The minimum Gasteiger partial charge on any atom is -0.508 e. The highest BCUT2D eigenvalue weighted by atomic mass is 127. The molecule has 2 aliphatic heterocycles. The number of carbonyl (C=O) groups is 1. The lowest BCUT2D eigenvalue weighted by molar-refractivity contribution is -0.0130. The van der Waals surface area contributed by atoms with Crippen molar-refractivity contribution in [3.05, 3.63) is 65.2 Å². The minimum absolute atomic E-state index is 0.0313. The van der Waals surface area contributed by atoms with E-state index in [2.05, 4.69) is 0 Å². The van der Waals surface area contributed by atoms with Crippen LogP contribution in [0.25, 0.3) is 0 Å². The van der Waals surface area contributed by atoms with Crippen molar-refractivity contribution >= 4 is 28.8 Å². The molecule has 10 nitrogen and oxygen atoms in total. The number of rotatable bonds is 5. The molecule has 3 aromatic carbocycles. The normalized spacial score (nSPS) is 22.4. The number of carbonyl (C=O) groups excluding carboxylic acids is 1. The van der Waals surface area contributed by atoms with Gasteiger partial charge in [-0.1, -0.05) is 12.1 Å². The molecular weight excluding hydrogens is 587 g/mol. The lowest BCUT2D eigenvalue weighted by Crippen LogP contribution is -2.37. The van der Waals surface area contributed by atoms with Gasteiger partial charge in [0.15, 0.2) is 76.2 Å². The van der Waals surface area contributed by atoms with E-state index >= 15 is 0 Å². The van der Waals surface area contributed by atoms with Gasteiger partial charge in [-0.15, -0.1) is 0 Å². The van der Waals surface area contributed by atoms with E-state index in [0.29, 0.717) is 16.9 Å². The lowest BCUT2D eigenvalue weighted by atomic mass is 9.92. The lowest BCUT2D eigenvalue weighted by Gasteiger charge is -2.35. The van der Waals surface area contributed by atoms with E-state index in [1.807, 2.05) is 0 Å². The van der Waals surface area contributed by atoms with Crippen molar-refractivity contribution in [3.63, 3.8) is 0 Å². The number of aliphatic hydroxyl groups excluding tert-OH is 2. The van der Waals surface area contributed by atoms with Crippen LogP contribution in [0.1, 0.15) is 33.7 Å². The number of aliphatic hydroxyl groups is 2. The Morgan fingerprint density at radius 1 is 0.889 bits per heavy atom. The SMILES string of the molecule is COc1cc([C@H]2Oc3ccc([C@H]4Oc5cc(O)cc(OI)c5C(=O)C4O)cc3O[C@@H]2CO)ccc1O. The van der Waals surface area contributed by atoms with Crippen LogP contribution in [0.5, 0.6) is 40.2 Å². The Hall–Kier alpha value is -3.42. The van der Waals surface area contributed by atoms with Crippen LogP contribution < -0.4 is 22.0 Å². The summed E-state index contributed by atoms with van der Waals surface area (Å²) in [5.74, 6) is 0.265. The highest BCUT2D eigenvalue weighted by molar-refractivity contribution is 14.1. The maximum absolute atomic E-state index is 12.9. The number of ether oxygens (including phenoxy) is 4. The summed E-state index contributed by atoms with van der Waals surface area (Å²) in [6.45, 7) is -0.371. The average molecular weight is 608 g/mol. The number of phenolic OH excluding ortho intramolecular Hbond substituents is 2. The number of fused-ring (bicyclic) bond motifs is 2. The number of methoxy groups -OCH3 is 1. The zero-order valence-electron chi connectivity index (χ0n) is 18.8. The van der Waals surface area contributed by atoms with E-state index in [4.69, 9.17) is 22.0 Å². The van der Waals surface area contributed by atoms with Crippen molar-refractivity contribution in [1.29, 1.82) is 0 Å². The fourth-order valence-electron chi connectivity index (χ4n) is 4.33. The van der Waals surface area contributed by atoms with Gasteiger partial charge in [0, 0.05) is 17.7 Å². The topological polar surface area (TPSA) is 144 Å². The number of hydrogen-bond donors (Lipinski definition) is 4. The van der Waals surface area contributed by atoms with Gasteiger partial charge in [-0.2, -0.15) is 0 Å². The standard InChI is InChI=1S/C25H21IO10/c1-32-16-6-11(2-4-14(16)29)24-20(10-27)33-17-7-12(3-5-15(17)34-24)25-23(31)22(30)21-18(35-25)8-13(28)9-19(21)36-26/h2-9,20,23-25,27-29,31H,10H2,1H3/t20-,23?,24-,25-/m1/s1. The molecule has 1 unspecified atom stereocenters. The van der Waals surface area contributed by atoms with Crippen molar-refractivity contribution in [3.8, 4) is 40.2 Å². The van der Waals surface area contributed by atoms with E-state index < -0.39 is 30.2 Å². The van der Waals surface area contributed by atoms with Crippen molar-refractivity contribution in [2.24, 2.45) is 0 Å². The summed E-state index contributed by atoms with van der Waals surface area (Å²) in [4.78, 5) is 12.9. The molecule has 0 saturated heterocycles. The summed E-state index contributed by atoms with van der Waals surface area (Å²) in [5, 5.41) is 40.6. The van der Waals surface area contributed by atoms with Crippen LogP contribution in [0.3, 0.4) is 0 Å². The molecule has 0 radical (unpaired) electrons. The Morgan fingerprint density at radius 3 is 2.33 bits per heavy atom. The molecule has 0 amide bonds. The highest BCUT2D eigenvalue weighted by Gasteiger charge is 2.41. The van der Waals surface area contributed by atoms with Gasteiger partial charge in [-0.3, -0.25) is 4.79 Å². The molecule has 36 heavy (non-hydrogen) atoms. The zero-order valence-corrected chi connectivity index (χ0v) is 20.9. The number of benzene rings is 3. The van der Waals surface area contributed by atoms with E-state index in [1.54, 1.807) is 53.3 Å². The van der Waals surface area contributed by atoms with Crippen LogP contribution in [-0.4, -0.2) is 52.1 Å². The van der Waals surface area contributed by atoms with Crippen molar-refractivity contribution in [2.45, 2.75) is 24.4 Å². The Bertz CT molecular complexity index is 1330. The van der Waals surface area contributed by atoms with Gasteiger partial charge in [0.05, 0.1) is 13.7 Å². The van der Waals surface area contributed by atoms with Gasteiger partial charge in [0.1, 0.15) is 17.1 Å². The first-order chi connectivity index (χ1) is 17.3. The van der Waals surface area contributed by atoms with E-state index in [0.717, 1.165) is 0 Å². The molecule has 0 aliphatic carbocycles. The van der Waals surface area contributed by atoms with Crippen LogP contribution in [0, 0.1) is 0 Å². The zero-order chi connectivity index (χ0) is 25.6. The van der Waals surface area contributed by atoms with E-state index in [-0.39, 0.29) is 46.7 Å². The van der Waals surface area contributed by atoms with Gasteiger partial charge >= 0.3 is 0 Å². The summed E-state index contributed by atoms with van der Waals surface area (Å²) in [5.41, 5.74) is 1.08. The first-order valence-corrected chi connectivity index (χ1v) is 11.7. The molecule has 0 fully saturated rings. The van der Waals surface area contributed by atoms with Crippen molar-refractivity contribution < 1.29 is 47.2 Å². The second-order valence-electron chi connectivity index (χ2n) is 8.26. The van der Waals surface area contributed by atoms with Crippen molar-refractivity contribution in [2.75, 3.05) is 13.7 Å². The highest BCUT2D eigenvalue weighted by Crippen LogP contribution is 2.46. The number of aromatic hydroxyl groups is 2. The minimum atomic E-state index is -1.54. The monoisotopic (exact) mass is 608 g/mol. The third-order valence-corrected chi connectivity index (χ3v) is 6.54. The van der Waals surface area contributed by atoms with Crippen LogP contribution in [0.2, 0.25) is 0 Å². The molecule has 4 N–H and O–H groups in total. The predicted molar refractivity (Wildman–Crippen MR) is 132 cm³/mol. The number of Topliss-reactive ketones (excluding diaryl/α,β-unsaturated/α-hetero) is 1. The summed E-state index contributed by atoms with van der Waals surface area (Å²) in [7, 11) is 1.43. The van der Waals surface area contributed by atoms with E-state index in [9.17, 15) is 25.2 Å². The maximum atomic E-state index is 12.9. The van der Waals surface area contributed by atoms with Crippen LogP contribution in [-0.2, 0) is 0 Å². The molecule has 4 atom stereocenters. The predicted octanol–water partition coefficient (Wildman–Crippen LogP) is 3.39. The molecule has 5 rings (SSSR count). The number of halogens is 1. The largest absolute Gasteiger partial charge is 0.508 e. The molecule has 0 aromatic heterocycles. The third-order valence-electron chi connectivity index (χ3n) is 6.07. The molecule has 3 aromatic rings. The first kappa shape index (κ1) is 24.3. The second kappa shape index (κ2) is 9.56. The summed E-state index contributed by atoms with van der Waals surface area (Å²) in [6, 6.07) is 12.1. The molecule has 0 bridgehead atoms. The summed E-state index contributed by atoms with van der Waals surface area (Å²) < 4.78 is 28.3. The molecule has 2 aliphatic rings. The number of phenols is 2. The Balaban J connectivity index is 1.46.